The van der Waals surface area contributed by atoms with Crippen molar-refractivity contribution >= 4 is 11.7 Å². The molecule has 2 aromatic rings. The van der Waals surface area contributed by atoms with E-state index in [0.717, 1.165) is 0 Å². The summed E-state index contributed by atoms with van der Waals surface area (Å²) in [6.07, 6.45) is 0. The molecule has 0 saturated heterocycles. The van der Waals surface area contributed by atoms with Gasteiger partial charge in [-0.2, -0.15) is 0 Å². The summed E-state index contributed by atoms with van der Waals surface area (Å²) in [4.78, 5) is 11.9. The van der Waals surface area contributed by atoms with E-state index in [1.54, 1.807) is 43.5 Å². The first-order valence-corrected chi connectivity index (χ1v) is 6.38. The molecule has 0 amide bonds. The molecule has 1 atom stereocenters. The highest BCUT2D eigenvalue weighted by molar-refractivity contribution is 5.81. The Morgan fingerprint density at radius 3 is 2.57 bits per heavy atom. The molecule has 0 heterocycles. The smallest absolute Gasteiger partial charge is 0.332 e. The van der Waals surface area contributed by atoms with Crippen LogP contribution in [0.1, 0.15) is 11.6 Å². The minimum atomic E-state index is -0.794. The number of hydrogen-bond acceptors (Lipinski definition) is 4. The Hall–Kier alpha value is -2.56. The van der Waals surface area contributed by atoms with Crippen LogP contribution in [0.3, 0.4) is 0 Å². The fraction of sp³-hybridized carbons (Fsp3) is 0.188. The van der Waals surface area contributed by atoms with Crippen molar-refractivity contribution in [1.29, 1.82) is 0 Å². The number of rotatable bonds is 5. The van der Waals surface area contributed by atoms with Gasteiger partial charge in [0.1, 0.15) is 11.6 Å². The van der Waals surface area contributed by atoms with Gasteiger partial charge in [0.25, 0.3) is 0 Å². The predicted molar refractivity (Wildman–Crippen MR) is 77.8 cm³/mol. The highest BCUT2D eigenvalue weighted by Gasteiger charge is 2.21. The number of methoxy groups -OCH3 is 2. The lowest BCUT2D eigenvalue weighted by molar-refractivity contribution is -0.141. The highest BCUT2D eigenvalue weighted by Crippen LogP contribution is 2.24. The molecule has 0 fully saturated rings. The minimum absolute atomic E-state index is 0.408. The number of nitrogens with one attached hydrogen (secondary N) is 1. The van der Waals surface area contributed by atoms with Gasteiger partial charge in [-0.25, -0.2) is 9.18 Å². The monoisotopic (exact) mass is 289 g/mol. The summed E-state index contributed by atoms with van der Waals surface area (Å²) in [5, 5.41) is 3.03. The first kappa shape index (κ1) is 14.8. The Labute approximate surface area is 122 Å². The predicted octanol–water partition coefficient (Wildman–Crippen LogP) is 3.16. The average Bonchev–Trinajstić information content (AvgIpc) is 2.52. The fourth-order valence-electron chi connectivity index (χ4n) is 1.96. The van der Waals surface area contributed by atoms with Gasteiger partial charge >= 0.3 is 5.97 Å². The van der Waals surface area contributed by atoms with Gasteiger partial charge in [0.05, 0.1) is 14.2 Å². The molecule has 0 saturated carbocycles. The summed E-state index contributed by atoms with van der Waals surface area (Å²) < 4.78 is 23.3. The van der Waals surface area contributed by atoms with Crippen LogP contribution in [0, 0.1) is 5.82 Å². The molecule has 0 radical (unpaired) electrons. The zero-order chi connectivity index (χ0) is 15.2. The normalized spacial score (nSPS) is 11.6. The second kappa shape index (κ2) is 6.74. The largest absolute Gasteiger partial charge is 0.497 e. The lowest BCUT2D eigenvalue weighted by Crippen LogP contribution is -2.22. The maximum Gasteiger partial charge on any atom is 0.332 e. The molecule has 0 spiro atoms. The van der Waals surface area contributed by atoms with Crippen LogP contribution in [0.25, 0.3) is 0 Å². The number of anilines is 1. The SMILES string of the molecule is COC(=O)C(Nc1cccc(OC)c1)c1cccc(F)c1. The van der Waals surface area contributed by atoms with Crippen molar-refractivity contribution < 1.29 is 18.7 Å². The van der Waals surface area contributed by atoms with Crippen LogP contribution < -0.4 is 10.1 Å². The van der Waals surface area contributed by atoms with Gasteiger partial charge in [0, 0.05) is 11.8 Å². The molecule has 110 valence electrons. The molecule has 21 heavy (non-hydrogen) atoms. The topological polar surface area (TPSA) is 47.6 Å². The molecule has 0 aliphatic rings. The summed E-state index contributed by atoms with van der Waals surface area (Å²) in [6.45, 7) is 0. The molecule has 0 aliphatic carbocycles. The van der Waals surface area contributed by atoms with Crippen molar-refractivity contribution in [1.82, 2.24) is 0 Å². The van der Waals surface area contributed by atoms with Crippen LogP contribution in [0.4, 0.5) is 10.1 Å². The molecule has 5 heteroatoms. The second-order valence-electron chi connectivity index (χ2n) is 4.39. The molecule has 2 aromatic carbocycles. The second-order valence-corrected chi connectivity index (χ2v) is 4.39. The third-order valence-corrected chi connectivity index (χ3v) is 3.00. The Morgan fingerprint density at radius 1 is 1.14 bits per heavy atom. The Balaban J connectivity index is 2.30. The van der Waals surface area contributed by atoms with Crippen LogP contribution in [0.5, 0.6) is 5.75 Å². The molecule has 0 aliphatic heterocycles. The fourth-order valence-corrected chi connectivity index (χ4v) is 1.96. The van der Waals surface area contributed by atoms with E-state index in [-0.39, 0.29) is 0 Å². The van der Waals surface area contributed by atoms with Crippen molar-refractivity contribution in [3.8, 4) is 5.75 Å². The molecule has 1 unspecified atom stereocenters. The lowest BCUT2D eigenvalue weighted by atomic mass is 10.1. The van der Waals surface area contributed by atoms with Gasteiger partial charge in [0.2, 0.25) is 0 Å². The van der Waals surface area contributed by atoms with Gasteiger partial charge in [0.15, 0.2) is 6.04 Å². The molecule has 1 N–H and O–H groups in total. The van der Waals surface area contributed by atoms with E-state index >= 15 is 0 Å². The van der Waals surface area contributed by atoms with Crippen molar-refractivity contribution in [2.24, 2.45) is 0 Å². The maximum absolute atomic E-state index is 13.4. The van der Waals surface area contributed by atoms with Crippen LogP contribution >= 0.6 is 0 Å². The summed E-state index contributed by atoms with van der Waals surface area (Å²) in [7, 11) is 2.85. The summed E-state index contributed by atoms with van der Waals surface area (Å²) in [5.41, 5.74) is 1.17. The Kier molecular flexibility index (Phi) is 4.77. The third kappa shape index (κ3) is 3.72. The van der Waals surface area contributed by atoms with Gasteiger partial charge in [-0.05, 0) is 29.8 Å². The maximum atomic E-state index is 13.4. The Bertz CT molecular complexity index is 630. The minimum Gasteiger partial charge on any atom is -0.497 e. The van der Waals surface area contributed by atoms with Gasteiger partial charge in [-0.3, -0.25) is 0 Å². The average molecular weight is 289 g/mol. The lowest BCUT2D eigenvalue weighted by Gasteiger charge is -2.18. The summed E-state index contributed by atoms with van der Waals surface area (Å²) in [5.74, 6) is -0.250. The summed E-state index contributed by atoms with van der Waals surface area (Å²) >= 11 is 0. The first-order valence-electron chi connectivity index (χ1n) is 6.38. The molecular formula is C16H16FNO3. The van der Waals surface area contributed by atoms with E-state index in [9.17, 15) is 9.18 Å². The first-order chi connectivity index (χ1) is 10.1. The standard InChI is InChI=1S/C16H16FNO3/c1-20-14-8-4-7-13(10-14)18-15(16(19)21-2)11-5-3-6-12(17)9-11/h3-10,15,18H,1-2H3. The van der Waals surface area contributed by atoms with Crippen molar-refractivity contribution in [2.75, 3.05) is 19.5 Å². The van der Waals surface area contributed by atoms with E-state index in [4.69, 9.17) is 9.47 Å². The molecule has 0 aromatic heterocycles. The number of ether oxygens (including phenoxy) is 2. The van der Waals surface area contributed by atoms with Crippen molar-refractivity contribution in [3.05, 3.63) is 59.9 Å². The zero-order valence-electron chi connectivity index (χ0n) is 11.8. The van der Waals surface area contributed by atoms with E-state index in [2.05, 4.69) is 5.32 Å². The van der Waals surface area contributed by atoms with Gasteiger partial charge in [-0.15, -0.1) is 0 Å². The van der Waals surface area contributed by atoms with E-state index in [0.29, 0.717) is 17.0 Å². The molecule has 0 bridgehead atoms. The summed E-state index contributed by atoms with van der Waals surface area (Å²) in [6, 6.07) is 12.2. The quantitative estimate of drug-likeness (QED) is 0.859. The zero-order valence-corrected chi connectivity index (χ0v) is 11.8. The van der Waals surface area contributed by atoms with Gasteiger partial charge in [-0.1, -0.05) is 18.2 Å². The number of carbonyl (C=O) groups is 1. The molecular weight excluding hydrogens is 273 g/mol. The molecule has 4 nitrogen and oxygen atoms in total. The molecule has 2 rings (SSSR count). The number of hydrogen-bond donors (Lipinski definition) is 1. The van der Waals surface area contributed by atoms with Crippen LogP contribution in [0.15, 0.2) is 48.5 Å². The van der Waals surface area contributed by atoms with E-state index in [1.807, 2.05) is 0 Å². The van der Waals surface area contributed by atoms with Crippen LogP contribution in [-0.4, -0.2) is 20.2 Å². The highest BCUT2D eigenvalue weighted by atomic mass is 19.1. The van der Waals surface area contributed by atoms with Crippen molar-refractivity contribution in [2.45, 2.75) is 6.04 Å². The van der Waals surface area contributed by atoms with Crippen LogP contribution in [-0.2, 0) is 9.53 Å². The van der Waals surface area contributed by atoms with E-state index < -0.39 is 17.8 Å². The van der Waals surface area contributed by atoms with Crippen molar-refractivity contribution in [3.63, 3.8) is 0 Å². The number of benzene rings is 2. The van der Waals surface area contributed by atoms with Crippen LogP contribution in [0.2, 0.25) is 0 Å². The van der Waals surface area contributed by atoms with Gasteiger partial charge < -0.3 is 14.8 Å². The number of halogens is 1. The third-order valence-electron chi connectivity index (χ3n) is 3.00. The van der Waals surface area contributed by atoms with E-state index in [1.165, 1.54) is 19.2 Å². The number of esters is 1. The Morgan fingerprint density at radius 2 is 1.90 bits per heavy atom. The number of carbonyl (C=O) groups excluding carboxylic acids is 1.